The smallest absolute Gasteiger partial charge is 0.308 e. The van der Waals surface area contributed by atoms with Crippen molar-refractivity contribution in [2.24, 2.45) is 17.8 Å². The van der Waals surface area contributed by atoms with Crippen molar-refractivity contribution in [3.8, 4) is 0 Å². The van der Waals surface area contributed by atoms with E-state index in [2.05, 4.69) is 23.7 Å². The van der Waals surface area contributed by atoms with Crippen LogP contribution in [0.5, 0.6) is 0 Å². The number of aliphatic carboxylic acids is 1. The largest absolute Gasteiger partial charge is 0.481 e. The molecule has 1 aromatic heterocycles. The first-order chi connectivity index (χ1) is 8.58. The van der Waals surface area contributed by atoms with E-state index in [9.17, 15) is 9.90 Å². The molecule has 1 aliphatic rings. The molecule has 0 bridgehead atoms. The minimum absolute atomic E-state index is 0.235. The molecular formula is C14H20N2O2. The van der Waals surface area contributed by atoms with Gasteiger partial charge in [-0.3, -0.25) is 14.7 Å². The Bertz CT molecular complexity index is 406. The van der Waals surface area contributed by atoms with Gasteiger partial charge < -0.3 is 5.11 Å². The number of likely N-dealkylation sites (tertiary alicyclic amines) is 1. The van der Waals surface area contributed by atoms with Crippen LogP contribution in [0.15, 0.2) is 24.5 Å². The normalized spacial score (nSPS) is 24.6. The van der Waals surface area contributed by atoms with Crippen LogP contribution in [0, 0.1) is 17.8 Å². The molecule has 98 valence electrons. The van der Waals surface area contributed by atoms with E-state index in [-0.39, 0.29) is 11.8 Å². The Balaban J connectivity index is 2.03. The predicted molar refractivity (Wildman–Crippen MR) is 69.0 cm³/mol. The van der Waals surface area contributed by atoms with Gasteiger partial charge in [0.05, 0.1) is 5.92 Å². The molecule has 1 aliphatic heterocycles. The lowest BCUT2D eigenvalue weighted by Gasteiger charge is -2.18. The lowest BCUT2D eigenvalue weighted by Crippen LogP contribution is -2.25. The summed E-state index contributed by atoms with van der Waals surface area (Å²) in [6.45, 7) is 6.51. The second-order valence-electron chi connectivity index (χ2n) is 5.41. The van der Waals surface area contributed by atoms with Crippen molar-refractivity contribution in [3.05, 3.63) is 30.1 Å². The molecule has 4 nitrogen and oxygen atoms in total. The average Bonchev–Trinajstić information content (AvgIpc) is 2.74. The summed E-state index contributed by atoms with van der Waals surface area (Å²) in [7, 11) is 0. The molecule has 0 amide bonds. The van der Waals surface area contributed by atoms with Crippen molar-refractivity contribution in [2.75, 3.05) is 13.1 Å². The second-order valence-corrected chi connectivity index (χ2v) is 5.41. The first-order valence-corrected chi connectivity index (χ1v) is 6.42. The number of hydrogen-bond acceptors (Lipinski definition) is 3. The fourth-order valence-electron chi connectivity index (χ4n) is 2.73. The number of nitrogens with zero attached hydrogens (tertiary/aromatic N) is 2. The van der Waals surface area contributed by atoms with Gasteiger partial charge in [0.1, 0.15) is 0 Å². The number of pyridine rings is 1. The van der Waals surface area contributed by atoms with Gasteiger partial charge in [-0.05, 0) is 23.5 Å². The van der Waals surface area contributed by atoms with Gasteiger partial charge in [0.15, 0.2) is 0 Å². The molecular weight excluding hydrogens is 228 g/mol. The maximum atomic E-state index is 11.3. The molecule has 1 N–H and O–H groups in total. The maximum absolute atomic E-state index is 11.3. The van der Waals surface area contributed by atoms with Gasteiger partial charge in [0.25, 0.3) is 0 Å². The summed E-state index contributed by atoms with van der Waals surface area (Å²) >= 11 is 0. The molecule has 1 saturated heterocycles. The zero-order chi connectivity index (χ0) is 13.1. The second kappa shape index (κ2) is 5.48. The highest BCUT2D eigenvalue weighted by Gasteiger charge is 2.38. The number of carboxylic acids is 1. The number of carboxylic acid groups (broad SMARTS) is 1. The Labute approximate surface area is 108 Å². The molecule has 18 heavy (non-hydrogen) atoms. The lowest BCUT2D eigenvalue weighted by atomic mass is 9.86. The SMILES string of the molecule is CC(C)[C@@H]1CN(Cc2cccnc2)C[C@H]1C(=O)O. The van der Waals surface area contributed by atoms with Crippen molar-refractivity contribution in [1.29, 1.82) is 0 Å². The van der Waals surface area contributed by atoms with Crippen LogP contribution in [0.2, 0.25) is 0 Å². The molecule has 0 aliphatic carbocycles. The van der Waals surface area contributed by atoms with Crippen molar-refractivity contribution < 1.29 is 9.90 Å². The summed E-state index contributed by atoms with van der Waals surface area (Å²) < 4.78 is 0. The first kappa shape index (κ1) is 13.0. The van der Waals surface area contributed by atoms with Crippen LogP contribution in [-0.4, -0.2) is 34.0 Å². The summed E-state index contributed by atoms with van der Waals surface area (Å²) in [4.78, 5) is 17.6. The fourth-order valence-corrected chi connectivity index (χ4v) is 2.73. The van der Waals surface area contributed by atoms with E-state index in [1.54, 1.807) is 6.20 Å². The van der Waals surface area contributed by atoms with Gasteiger partial charge in [-0.15, -0.1) is 0 Å². The number of rotatable bonds is 4. The third kappa shape index (κ3) is 2.88. The highest BCUT2D eigenvalue weighted by molar-refractivity contribution is 5.71. The van der Waals surface area contributed by atoms with Crippen LogP contribution >= 0.6 is 0 Å². The predicted octanol–water partition coefficient (Wildman–Crippen LogP) is 1.87. The minimum Gasteiger partial charge on any atom is -0.481 e. The van der Waals surface area contributed by atoms with E-state index in [1.165, 1.54) is 0 Å². The monoisotopic (exact) mass is 248 g/mol. The van der Waals surface area contributed by atoms with Crippen molar-refractivity contribution in [2.45, 2.75) is 20.4 Å². The standard InChI is InChI=1S/C14H20N2O2/c1-10(2)12-8-16(9-13(12)14(17)18)7-11-4-3-5-15-6-11/h3-6,10,12-13H,7-9H2,1-2H3,(H,17,18)/t12-,13+/m0/s1. The highest BCUT2D eigenvalue weighted by Crippen LogP contribution is 2.30. The minimum atomic E-state index is -0.664. The molecule has 2 rings (SSSR count). The average molecular weight is 248 g/mol. The summed E-state index contributed by atoms with van der Waals surface area (Å²) in [6, 6.07) is 3.95. The highest BCUT2D eigenvalue weighted by atomic mass is 16.4. The van der Waals surface area contributed by atoms with Crippen molar-refractivity contribution in [1.82, 2.24) is 9.88 Å². The third-order valence-corrected chi connectivity index (χ3v) is 3.74. The van der Waals surface area contributed by atoms with Gasteiger partial charge in [-0.25, -0.2) is 0 Å². The molecule has 2 atom stereocenters. The van der Waals surface area contributed by atoms with Gasteiger partial charge in [0, 0.05) is 32.0 Å². The topological polar surface area (TPSA) is 53.4 Å². The van der Waals surface area contributed by atoms with Crippen molar-refractivity contribution >= 4 is 5.97 Å². The molecule has 0 radical (unpaired) electrons. The zero-order valence-electron chi connectivity index (χ0n) is 10.9. The van der Waals surface area contributed by atoms with Crippen LogP contribution in [0.3, 0.4) is 0 Å². The van der Waals surface area contributed by atoms with Gasteiger partial charge >= 0.3 is 5.97 Å². The molecule has 2 heterocycles. The van der Waals surface area contributed by atoms with E-state index in [0.717, 1.165) is 18.7 Å². The molecule has 0 saturated carbocycles. The Hall–Kier alpha value is -1.42. The number of hydrogen-bond donors (Lipinski definition) is 1. The van der Waals surface area contributed by atoms with E-state index in [1.807, 2.05) is 18.3 Å². The maximum Gasteiger partial charge on any atom is 0.308 e. The quantitative estimate of drug-likeness (QED) is 0.883. The Kier molecular flexibility index (Phi) is 3.97. The third-order valence-electron chi connectivity index (χ3n) is 3.74. The number of aromatic nitrogens is 1. The molecule has 1 aromatic rings. The molecule has 4 heteroatoms. The van der Waals surface area contributed by atoms with Gasteiger partial charge in [-0.1, -0.05) is 19.9 Å². The summed E-state index contributed by atoms with van der Waals surface area (Å²) in [6.07, 6.45) is 3.60. The van der Waals surface area contributed by atoms with Crippen LogP contribution in [-0.2, 0) is 11.3 Å². The van der Waals surface area contributed by atoms with Gasteiger partial charge in [0.2, 0.25) is 0 Å². The van der Waals surface area contributed by atoms with Crippen LogP contribution in [0.1, 0.15) is 19.4 Å². The van der Waals surface area contributed by atoms with Crippen LogP contribution < -0.4 is 0 Å². The molecule has 0 unspecified atom stereocenters. The summed E-state index contributed by atoms with van der Waals surface area (Å²) in [5.41, 5.74) is 1.14. The summed E-state index contributed by atoms with van der Waals surface area (Å²) in [5, 5.41) is 9.28. The lowest BCUT2D eigenvalue weighted by molar-refractivity contribution is -0.143. The first-order valence-electron chi connectivity index (χ1n) is 6.42. The Morgan fingerprint density at radius 2 is 2.33 bits per heavy atom. The summed E-state index contributed by atoms with van der Waals surface area (Å²) in [5.74, 6) is -0.242. The fraction of sp³-hybridized carbons (Fsp3) is 0.571. The van der Waals surface area contributed by atoms with E-state index in [0.29, 0.717) is 12.5 Å². The van der Waals surface area contributed by atoms with E-state index < -0.39 is 5.97 Å². The molecule has 0 aromatic carbocycles. The van der Waals surface area contributed by atoms with E-state index in [4.69, 9.17) is 0 Å². The molecule has 1 fully saturated rings. The van der Waals surface area contributed by atoms with E-state index >= 15 is 0 Å². The Morgan fingerprint density at radius 1 is 1.56 bits per heavy atom. The Morgan fingerprint density at radius 3 is 2.83 bits per heavy atom. The number of carbonyl (C=O) groups is 1. The molecule has 0 spiro atoms. The zero-order valence-corrected chi connectivity index (χ0v) is 10.9. The van der Waals surface area contributed by atoms with Crippen molar-refractivity contribution in [3.63, 3.8) is 0 Å². The van der Waals surface area contributed by atoms with Crippen LogP contribution in [0.25, 0.3) is 0 Å². The van der Waals surface area contributed by atoms with Gasteiger partial charge in [-0.2, -0.15) is 0 Å². The van der Waals surface area contributed by atoms with Crippen LogP contribution in [0.4, 0.5) is 0 Å².